The van der Waals surface area contributed by atoms with Gasteiger partial charge in [0.15, 0.2) is 0 Å². The Morgan fingerprint density at radius 3 is 2.69 bits per heavy atom. The van der Waals surface area contributed by atoms with E-state index in [1.165, 1.54) is 7.05 Å². The number of benzene rings is 1. The predicted octanol–water partition coefficient (Wildman–Crippen LogP) is 1.42. The summed E-state index contributed by atoms with van der Waals surface area (Å²) in [5.41, 5.74) is 0.439. The van der Waals surface area contributed by atoms with Gasteiger partial charge in [-0.15, -0.1) is 0 Å². The van der Waals surface area contributed by atoms with Crippen LogP contribution in [0.25, 0.3) is 0 Å². The zero-order valence-electron chi connectivity index (χ0n) is 8.51. The molecule has 0 radical (unpaired) electrons. The third-order valence-corrected chi connectivity index (χ3v) is 3.44. The normalized spacial score (nSPS) is 9.69. The van der Waals surface area contributed by atoms with Crippen LogP contribution in [0.1, 0.15) is 10.4 Å². The fraction of sp³-hybridized carbons (Fsp3) is 0.200. The highest BCUT2D eigenvalue weighted by Gasteiger charge is 2.08. The molecule has 16 heavy (non-hydrogen) atoms. The van der Waals surface area contributed by atoms with Gasteiger partial charge in [0.2, 0.25) is 5.91 Å². The van der Waals surface area contributed by atoms with E-state index in [2.05, 4.69) is 33.2 Å². The Hall–Kier alpha value is -0.820. The first-order chi connectivity index (χ1) is 7.54. The first kappa shape index (κ1) is 13.2. The molecule has 0 heterocycles. The minimum absolute atomic E-state index is 0.0427. The van der Waals surface area contributed by atoms with Crippen molar-refractivity contribution >= 4 is 46.0 Å². The Morgan fingerprint density at radius 2 is 2.12 bits per heavy atom. The van der Waals surface area contributed by atoms with Gasteiger partial charge >= 0.3 is 0 Å². The second-order valence-electron chi connectivity index (χ2n) is 2.98. The molecular weight excluding hydrogens is 342 g/mol. The monoisotopic (exact) mass is 352 g/mol. The van der Waals surface area contributed by atoms with E-state index in [0.29, 0.717) is 10.6 Å². The fourth-order valence-electron chi connectivity index (χ4n) is 0.988. The van der Waals surface area contributed by atoms with E-state index in [1.54, 1.807) is 18.2 Å². The van der Waals surface area contributed by atoms with Crippen LogP contribution < -0.4 is 10.6 Å². The maximum atomic E-state index is 11.6. The van der Waals surface area contributed by atoms with Crippen molar-refractivity contribution in [3.05, 3.63) is 32.4 Å². The lowest BCUT2D eigenvalue weighted by atomic mass is 10.2. The van der Waals surface area contributed by atoms with Crippen LogP contribution in [-0.4, -0.2) is 25.4 Å². The minimum Gasteiger partial charge on any atom is -0.358 e. The highest BCUT2D eigenvalue weighted by Crippen LogP contribution is 2.19. The molecule has 2 N–H and O–H groups in total. The molecule has 0 aliphatic heterocycles. The molecule has 0 bridgehead atoms. The molecule has 4 nitrogen and oxygen atoms in total. The number of nitrogens with one attached hydrogen (secondary N) is 2. The van der Waals surface area contributed by atoms with Crippen molar-refractivity contribution < 1.29 is 9.59 Å². The summed E-state index contributed by atoms with van der Waals surface area (Å²) in [7, 11) is 1.51. The topological polar surface area (TPSA) is 58.2 Å². The van der Waals surface area contributed by atoms with E-state index >= 15 is 0 Å². The number of amides is 2. The van der Waals surface area contributed by atoms with Gasteiger partial charge in [0.05, 0.1) is 11.6 Å². The number of likely N-dealkylation sites (N-methyl/N-ethyl adjacent to an activating group) is 1. The van der Waals surface area contributed by atoms with Gasteiger partial charge in [-0.3, -0.25) is 9.59 Å². The molecule has 0 atom stereocenters. The molecule has 2 amide bonds. The van der Waals surface area contributed by atoms with Crippen LogP contribution in [0.3, 0.4) is 0 Å². The third kappa shape index (κ3) is 3.64. The van der Waals surface area contributed by atoms with Crippen molar-refractivity contribution in [2.24, 2.45) is 0 Å². The van der Waals surface area contributed by atoms with Crippen molar-refractivity contribution in [3.63, 3.8) is 0 Å². The zero-order valence-corrected chi connectivity index (χ0v) is 11.4. The van der Waals surface area contributed by atoms with Crippen LogP contribution in [0.15, 0.2) is 18.2 Å². The molecule has 0 aromatic heterocycles. The quantitative estimate of drug-likeness (QED) is 0.809. The summed E-state index contributed by atoms with van der Waals surface area (Å²) < 4.78 is 0.877. The standard InChI is InChI=1S/C10H10ClIN2O2/c1-13-9(15)5-14-10(16)6-2-3-8(12)7(11)4-6/h2-4H,5H2,1H3,(H,13,15)(H,14,16). The lowest BCUT2D eigenvalue weighted by molar-refractivity contribution is -0.119. The maximum absolute atomic E-state index is 11.6. The maximum Gasteiger partial charge on any atom is 0.251 e. The summed E-state index contributed by atoms with van der Waals surface area (Å²) in [5.74, 6) is -0.563. The Bertz CT molecular complexity index is 423. The third-order valence-electron chi connectivity index (χ3n) is 1.87. The fourth-order valence-corrected chi connectivity index (χ4v) is 1.50. The molecule has 1 aromatic carbocycles. The zero-order chi connectivity index (χ0) is 12.1. The second-order valence-corrected chi connectivity index (χ2v) is 4.55. The Kier molecular flexibility index (Phi) is 5.01. The molecule has 6 heteroatoms. The highest BCUT2D eigenvalue weighted by molar-refractivity contribution is 14.1. The summed E-state index contributed by atoms with van der Waals surface area (Å²) in [5, 5.41) is 5.42. The summed E-state index contributed by atoms with van der Waals surface area (Å²) in [6.45, 7) is -0.0427. The van der Waals surface area contributed by atoms with E-state index in [4.69, 9.17) is 11.6 Å². The number of hydrogen-bond acceptors (Lipinski definition) is 2. The molecule has 0 saturated carbocycles. The number of rotatable bonds is 3. The van der Waals surface area contributed by atoms with Gasteiger partial charge in [-0.1, -0.05) is 11.6 Å². The van der Waals surface area contributed by atoms with Crippen molar-refractivity contribution in [2.75, 3.05) is 13.6 Å². The van der Waals surface area contributed by atoms with Crippen LogP contribution in [-0.2, 0) is 4.79 Å². The Labute approximate surface area is 112 Å². The molecule has 0 unspecified atom stereocenters. The van der Waals surface area contributed by atoms with Gasteiger partial charge < -0.3 is 10.6 Å². The molecule has 1 rings (SSSR count). The average molecular weight is 353 g/mol. The van der Waals surface area contributed by atoms with Gasteiger partial charge in [-0.25, -0.2) is 0 Å². The highest BCUT2D eigenvalue weighted by atomic mass is 127. The van der Waals surface area contributed by atoms with E-state index in [0.717, 1.165) is 3.57 Å². The van der Waals surface area contributed by atoms with Crippen LogP contribution in [0.5, 0.6) is 0 Å². The lowest BCUT2D eigenvalue weighted by Gasteiger charge is -2.05. The van der Waals surface area contributed by atoms with E-state index in [1.807, 2.05) is 0 Å². The smallest absolute Gasteiger partial charge is 0.251 e. The van der Waals surface area contributed by atoms with Crippen LogP contribution in [0, 0.1) is 3.57 Å². The van der Waals surface area contributed by atoms with Gasteiger partial charge in [0, 0.05) is 16.2 Å². The molecule has 1 aromatic rings. The molecule has 0 fully saturated rings. The number of carbonyl (C=O) groups is 2. The van der Waals surface area contributed by atoms with Crippen LogP contribution in [0.4, 0.5) is 0 Å². The van der Waals surface area contributed by atoms with Crippen molar-refractivity contribution in [2.45, 2.75) is 0 Å². The largest absolute Gasteiger partial charge is 0.358 e. The predicted molar refractivity (Wildman–Crippen MR) is 70.6 cm³/mol. The molecule has 0 aliphatic rings. The number of hydrogen-bond donors (Lipinski definition) is 2. The summed E-state index contributed by atoms with van der Waals surface area (Å²) >= 11 is 7.96. The van der Waals surface area contributed by atoms with Crippen molar-refractivity contribution in [1.29, 1.82) is 0 Å². The van der Waals surface area contributed by atoms with E-state index in [-0.39, 0.29) is 18.4 Å². The SMILES string of the molecule is CNC(=O)CNC(=O)c1ccc(I)c(Cl)c1. The lowest BCUT2D eigenvalue weighted by Crippen LogP contribution is -2.35. The summed E-state index contributed by atoms with van der Waals surface area (Å²) in [6, 6.07) is 4.98. The van der Waals surface area contributed by atoms with Gasteiger partial charge in [0.25, 0.3) is 5.91 Å². The van der Waals surface area contributed by atoms with Gasteiger partial charge in [0.1, 0.15) is 0 Å². The minimum atomic E-state index is -0.318. The molecular formula is C10H10ClIN2O2. The van der Waals surface area contributed by atoms with Crippen molar-refractivity contribution in [3.8, 4) is 0 Å². The first-order valence-electron chi connectivity index (χ1n) is 4.48. The van der Waals surface area contributed by atoms with Crippen molar-refractivity contribution in [1.82, 2.24) is 10.6 Å². The van der Waals surface area contributed by atoms with Crippen LogP contribution >= 0.6 is 34.2 Å². The molecule has 0 aliphatic carbocycles. The molecule has 86 valence electrons. The van der Waals surface area contributed by atoms with Crippen LogP contribution in [0.2, 0.25) is 5.02 Å². The second kappa shape index (κ2) is 6.05. The number of halogens is 2. The van der Waals surface area contributed by atoms with E-state index in [9.17, 15) is 9.59 Å². The average Bonchev–Trinajstić information content (AvgIpc) is 2.29. The van der Waals surface area contributed by atoms with Gasteiger partial charge in [-0.05, 0) is 40.8 Å². The number of carbonyl (C=O) groups excluding carboxylic acids is 2. The van der Waals surface area contributed by atoms with Gasteiger partial charge in [-0.2, -0.15) is 0 Å². The van der Waals surface area contributed by atoms with E-state index < -0.39 is 0 Å². The Balaban J connectivity index is 2.66. The first-order valence-corrected chi connectivity index (χ1v) is 5.94. The summed E-state index contributed by atoms with van der Waals surface area (Å²) in [6.07, 6.45) is 0. The molecule has 0 saturated heterocycles. The Morgan fingerprint density at radius 1 is 1.44 bits per heavy atom. The molecule has 0 spiro atoms. The summed E-state index contributed by atoms with van der Waals surface area (Å²) in [4.78, 5) is 22.5.